The number of phenolic OH excluding ortho intramolecular Hbond substituents is 1. The van der Waals surface area contributed by atoms with E-state index in [1.165, 1.54) is 13.2 Å². The van der Waals surface area contributed by atoms with Gasteiger partial charge in [0.2, 0.25) is 6.79 Å². The summed E-state index contributed by atoms with van der Waals surface area (Å²) < 4.78 is 16.2. The Morgan fingerprint density at radius 3 is 2.89 bits per heavy atom. The number of likely N-dealkylation sites (N-methyl/N-ethyl adjacent to an activating group) is 1. The zero-order valence-corrected chi connectivity index (χ0v) is 15.0. The number of aliphatic hydroxyl groups is 1. The molecule has 2 heterocycles. The molecule has 0 amide bonds. The summed E-state index contributed by atoms with van der Waals surface area (Å²) in [6, 6.07) is 6.65. The van der Waals surface area contributed by atoms with Crippen molar-refractivity contribution in [2.24, 2.45) is 0 Å². The van der Waals surface area contributed by atoms with Crippen LogP contribution in [0.15, 0.2) is 24.3 Å². The number of ether oxygens (including phenoxy) is 3. The molecule has 7 nitrogen and oxygen atoms in total. The van der Waals surface area contributed by atoms with Crippen LogP contribution in [0.1, 0.15) is 33.2 Å². The lowest BCUT2D eigenvalue weighted by Crippen LogP contribution is -2.54. The molecule has 140 valence electrons. The molecule has 7 heteroatoms. The van der Waals surface area contributed by atoms with Crippen LogP contribution in [0.4, 0.5) is 0 Å². The molecule has 0 saturated carbocycles. The highest BCUT2D eigenvalue weighted by Crippen LogP contribution is 2.57. The third-order valence-corrected chi connectivity index (χ3v) is 5.97. The van der Waals surface area contributed by atoms with Crippen LogP contribution in [0.3, 0.4) is 0 Å². The van der Waals surface area contributed by atoms with E-state index in [1.807, 2.05) is 11.9 Å². The van der Waals surface area contributed by atoms with Gasteiger partial charge in [-0.05, 0) is 48.9 Å². The number of rotatable bonds is 1. The third-order valence-electron chi connectivity index (χ3n) is 5.97. The van der Waals surface area contributed by atoms with E-state index in [-0.39, 0.29) is 18.3 Å². The molecule has 0 fully saturated rings. The minimum absolute atomic E-state index is 0.0596. The van der Waals surface area contributed by atoms with Crippen molar-refractivity contribution in [2.45, 2.75) is 18.1 Å². The average Bonchev–Trinajstić information content (AvgIpc) is 3.22. The van der Waals surface area contributed by atoms with Gasteiger partial charge in [-0.3, -0.25) is 9.69 Å². The fourth-order valence-electron chi connectivity index (χ4n) is 4.66. The number of carbonyl (C=O) groups excluding carboxylic acids is 1. The van der Waals surface area contributed by atoms with E-state index in [2.05, 4.69) is 0 Å². The molecular weight excluding hydrogens is 350 g/mol. The summed E-state index contributed by atoms with van der Waals surface area (Å²) in [5.41, 5.74) is 1.01. The van der Waals surface area contributed by atoms with E-state index in [1.54, 1.807) is 18.2 Å². The normalized spacial score (nSPS) is 25.6. The summed E-state index contributed by atoms with van der Waals surface area (Å²) in [6.07, 6.45) is -0.466. The van der Waals surface area contributed by atoms with Crippen molar-refractivity contribution in [3.8, 4) is 23.0 Å². The fourth-order valence-corrected chi connectivity index (χ4v) is 4.66. The molecule has 2 aliphatic heterocycles. The predicted molar refractivity (Wildman–Crippen MR) is 94.5 cm³/mol. The van der Waals surface area contributed by atoms with E-state index < -0.39 is 11.6 Å². The van der Waals surface area contributed by atoms with Crippen molar-refractivity contribution in [2.75, 3.05) is 27.5 Å². The molecule has 2 aromatic rings. The molecule has 1 spiro atoms. The zero-order valence-electron chi connectivity index (χ0n) is 15.0. The lowest BCUT2D eigenvalue weighted by molar-refractivity contribution is -0.00851. The Kier molecular flexibility index (Phi) is 3.26. The van der Waals surface area contributed by atoms with Crippen LogP contribution < -0.4 is 14.2 Å². The van der Waals surface area contributed by atoms with Gasteiger partial charge < -0.3 is 24.4 Å². The quantitative estimate of drug-likeness (QED) is 0.792. The van der Waals surface area contributed by atoms with E-state index >= 15 is 0 Å². The molecule has 2 aromatic carbocycles. The Morgan fingerprint density at radius 1 is 1.30 bits per heavy atom. The number of aliphatic hydroxyl groups excluding tert-OH is 1. The summed E-state index contributed by atoms with van der Waals surface area (Å²) in [5.74, 6) is 1.02. The maximum absolute atomic E-state index is 13.6. The molecule has 2 N–H and O–H groups in total. The number of phenols is 1. The monoisotopic (exact) mass is 369 g/mol. The average molecular weight is 369 g/mol. The number of nitrogens with zero attached hydrogens (tertiary/aromatic N) is 1. The minimum atomic E-state index is -1.32. The van der Waals surface area contributed by atoms with Crippen LogP contribution in [0.25, 0.3) is 0 Å². The molecule has 0 radical (unpaired) electrons. The van der Waals surface area contributed by atoms with Gasteiger partial charge >= 0.3 is 0 Å². The first-order valence-electron chi connectivity index (χ1n) is 8.77. The Labute approximate surface area is 155 Å². The Hall–Kier alpha value is -2.77. The minimum Gasteiger partial charge on any atom is -0.504 e. The number of carbonyl (C=O) groups is 1. The second-order valence-electron chi connectivity index (χ2n) is 7.11. The van der Waals surface area contributed by atoms with Crippen molar-refractivity contribution in [3.05, 3.63) is 46.5 Å². The van der Waals surface area contributed by atoms with Crippen LogP contribution in [0.5, 0.6) is 23.0 Å². The second kappa shape index (κ2) is 5.37. The second-order valence-corrected chi connectivity index (χ2v) is 7.11. The molecule has 3 aliphatic rings. The molecule has 0 saturated heterocycles. The summed E-state index contributed by atoms with van der Waals surface area (Å²) >= 11 is 0. The fraction of sp³-hybridized carbons (Fsp3) is 0.350. The topological polar surface area (TPSA) is 88.5 Å². The summed E-state index contributed by atoms with van der Waals surface area (Å²) in [5, 5.41) is 21.8. The number of hydrogen-bond acceptors (Lipinski definition) is 7. The lowest BCUT2D eigenvalue weighted by Gasteiger charge is -2.45. The first kappa shape index (κ1) is 16.4. The van der Waals surface area contributed by atoms with Crippen molar-refractivity contribution in [3.63, 3.8) is 0 Å². The number of benzene rings is 2. The summed E-state index contributed by atoms with van der Waals surface area (Å²) in [6.45, 7) is 0.640. The van der Waals surface area contributed by atoms with Crippen molar-refractivity contribution in [1.82, 2.24) is 4.90 Å². The van der Waals surface area contributed by atoms with E-state index in [9.17, 15) is 15.0 Å². The Morgan fingerprint density at radius 2 is 2.11 bits per heavy atom. The van der Waals surface area contributed by atoms with Gasteiger partial charge in [-0.2, -0.15) is 0 Å². The summed E-state index contributed by atoms with van der Waals surface area (Å²) in [7, 11) is 3.30. The van der Waals surface area contributed by atoms with Gasteiger partial charge in [0.25, 0.3) is 0 Å². The highest BCUT2D eigenvalue weighted by atomic mass is 16.7. The SMILES string of the molecule is COc1cc2c(cc1O)[C@]1(C(=O)c3ccc4c(c3[C@@H]1O)OCO4)N(C)CC2. The molecule has 5 rings (SSSR count). The number of Topliss-reactive ketones (excluding diaryl/α,β-unsaturated/α-hetero) is 1. The van der Waals surface area contributed by atoms with Crippen LogP contribution in [-0.2, 0) is 12.0 Å². The van der Waals surface area contributed by atoms with Gasteiger partial charge in [-0.25, -0.2) is 0 Å². The summed E-state index contributed by atoms with van der Waals surface area (Å²) in [4.78, 5) is 15.5. The highest BCUT2D eigenvalue weighted by Gasteiger charge is 2.60. The molecule has 0 unspecified atom stereocenters. The maximum Gasteiger partial charge on any atom is 0.231 e. The Bertz CT molecular complexity index is 987. The van der Waals surface area contributed by atoms with Crippen molar-refractivity contribution >= 4 is 5.78 Å². The number of fused-ring (bicyclic) bond motifs is 5. The number of methoxy groups -OCH3 is 1. The first-order valence-corrected chi connectivity index (χ1v) is 8.77. The maximum atomic E-state index is 13.6. The van der Waals surface area contributed by atoms with Gasteiger partial charge in [0, 0.05) is 17.7 Å². The van der Waals surface area contributed by atoms with E-state index in [0.717, 1.165) is 5.56 Å². The molecule has 27 heavy (non-hydrogen) atoms. The van der Waals surface area contributed by atoms with Gasteiger partial charge in [-0.15, -0.1) is 0 Å². The van der Waals surface area contributed by atoms with Gasteiger partial charge in [0.05, 0.1) is 7.11 Å². The smallest absolute Gasteiger partial charge is 0.231 e. The standard InChI is InChI=1S/C20H19NO6/c1-21-6-5-10-7-15(25-2)13(22)8-12(10)20(21)18(23)11-3-4-14-17(27-9-26-14)16(11)19(20)24/h3-4,7-8,19,22,24H,5-6,9H2,1-2H3/t19-,20+/m0/s1. The molecule has 2 atom stereocenters. The van der Waals surface area contributed by atoms with Gasteiger partial charge in [-0.1, -0.05) is 0 Å². The van der Waals surface area contributed by atoms with Crippen LogP contribution >= 0.6 is 0 Å². The first-order chi connectivity index (χ1) is 13.0. The number of hydrogen-bond donors (Lipinski definition) is 2. The van der Waals surface area contributed by atoms with Gasteiger partial charge in [0.15, 0.2) is 28.8 Å². The lowest BCUT2D eigenvalue weighted by atomic mass is 9.76. The van der Waals surface area contributed by atoms with Crippen LogP contribution in [0.2, 0.25) is 0 Å². The zero-order chi connectivity index (χ0) is 18.9. The van der Waals surface area contributed by atoms with Crippen LogP contribution in [0, 0.1) is 0 Å². The number of ketones is 1. The molecule has 1 aliphatic carbocycles. The molecule has 0 aromatic heterocycles. The van der Waals surface area contributed by atoms with Gasteiger partial charge in [0.1, 0.15) is 11.6 Å². The highest BCUT2D eigenvalue weighted by molar-refractivity contribution is 6.10. The van der Waals surface area contributed by atoms with E-state index in [0.29, 0.717) is 46.9 Å². The predicted octanol–water partition coefficient (Wildman–Crippen LogP) is 1.74. The molecular formula is C20H19NO6. The molecule has 0 bridgehead atoms. The van der Waals surface area contributed by atoms with Crippen LogP contribution in [-0.4, -0.2) is 48.4 Å². The number of aromatic hydroxyl groups is 1. The Balaban J connectivity index is 1.78. The van der Waals surface area contributed by atoms with Crippen molar-refractivity contribution in [1.29, 1.82) is 0 Å². The third kappa shape index (κ3) is 1.85. The van der Waals surface area contributed by atoms with Crippen molar-refractivity contribution < 1.29 is 29.2 Å². The van der Waals surface area contributed by atoms with E-state index in [4.69, 9.17) is 14.2 Å². The largest absolute Gasteiger partial charge is 0.504 e.